The van der Waals surface area contributed by atoms with E-state index in [-0.39, 0.29) is 11.8 Å². The third kappa shape index (κ3) is 3.09. The molecule has 1 aliphatic rings. The van der Waals surface area contributed by atoms with Crippen LogP contribution in [-0.4, -0.2) is 25.4 Å². The summed E-state index contributed by atoms with van der Waals surface area (Å²) in [5, 5.41) is 5.57. The molecule has 1 amide bonds. The van der Waals surface area contributed by atoms with Crippen LogP contribution in [0.25, 0.3) is 11.0 Å². The molecule has 0 bridgehead atoms. The number of pyridine rings is 1. The molecule has 4 rings (SSSR count). The zero-order chi connectivity index (χ0) is 17.4. The molecular weight excluding hydrogens is 336 g/mol. The van der Waals surface area contributed by atoms with Gasteiger partial charge < -0.3 is 15.6 Å². The number of rotatable bonds is 3. The number of carbonyl (C=O) groups is 1. The molecule has 0 spiro atoms. The lowest BCUT2D eigenvalue weighted by Gasteiger charge is -2.28. The van der Waals surface area contributed by atoms with E-state index in [1.54, 1.807) is 6.20 Å². The van der Waals surface area contributed by atoms with Gasteiger partial charge in [0.1, 0.15) is 5.52 Å². The van der Waals surface area contributed by atoms with Gasteiger partial charge in [0.05, 0.1) is 17.5 Å². The van der Waals surface area contributed by atoms with E-state index in [0.29, 0.717) is 17.0 Å². The van der Waals surface area contributed by atoms with Gasteiger partial charge in [-0.1, -0.05) is 0 Å². The summed E-state index contributed by atoms with van der Waals surface area (Å²) in [5.41, 5.74) is 8.59. The van der Waals surface area contributed by atoms with Crippen LogP contribution in [0.1, 0.15) is 37.4 Å². The second-order valence-corrected chi connectivity index (χ2v) is 7.36. The summed E-state index contributed by atoms with van der Waals surface area (Å²) < 4.78 is 2.17. The molecule has 25 heavy (non-hydrogen) atoms. The molecule has 0 radical (unpaired) electrons. The van der Waals surface area contributed by atoms with Crippen LogP contribution in [0.2, 0.25) is 0 Å². The molecule has 1 saturated carbocycles. The van der Waals surface area contributed by atoms with E-state index < -0.39 is 0 Å². The highest BCUT2D eigenvalue weighted by molar-refractivity contribution is 7.13. The molecule has 1 aliphatic carbocycles. The van der Waals surface area contributed by atoms with Gasteiger partial charge in [-0.3, -0.25) is 4.79 Å². The first-order chi connectivity index (χ1) is 12.1. The zero-order valence-electron chi connectivity index (χ0n) is 14.0. The van der Waals surface area contributed by atoms with Crippen molar-refractivity contribution in [3.8, 4) is 0 Å². The smallest absolute Gasteiger partial charge is 0.229 e. The average molecular weight is 356 g/mol. The van der Waals surface area contributed by atoms with Gasteiger partial charge in [0.25, 0.3) is 0 Å². The molecule has 0 unspecified atom stereocenters. The highest BCUT2D eigenvalue weighted by Gasteiger charge is 2.28. The number of nitrogens with two attached hydrogens (primary N) is 1. The van der Waals surface area contributed by atoms with Crippen molar-refractivity contribution in [1.29, 1.82) is 0 Å². The average Bonchev–Trinajstić information content (AvgIpc) is 3.22. The van der Waals surface area contributed by atoms with Gasteiger partial charge in [-0.15, -0.1) is 11.3 Å². The Bertz CT molecular complexity index is 909. The van der Waals surface area contributed by atoms with E-state index in [0.717, 1.165) is 42.4 Å². The maximum atomic E-state index is 12.4. The highest BCUT2D eigenvalue weighted by atomic mass is 32.1. The number of fused-ring (bicyclic) bond motifs is 1. The molecule has 0 aromatic carbocycles. The first-order valence-electron chi connectivity index (χ1n) is 8.42. The summed E-state index contributed by atoms with van der Waals surface area (Å²) in [4.78, 5) is 25.2. The number of hydrogen-bond donors (Lipinski definition) is 2. The second-order valence-electron chi connectivity index (χ2n) is 6.50. The van der Waals surface area contributed by atoms with Crippen LogP contribution >= 0.6 is 11.3 Å². The number of carbonyl (C=O) groups excluding carboxylic acids is 1. The van der Waals surface area contributed by atoms with Crippen LogP contribution in [0.4, 0.5) is 10.9 Å². The predicted molar refractivity (Wildman–Crippen MR) is 98.4 cm³/mol. The van der Waals surface area contributed by atoms with Crippen molar-refractivity contribution in [2.45, 2.75) is 38.6 Å². The van der Waals surface area contributed by atoms with Crippen LogP contribution in [0.15, 0.2) is 24.0 Å². The number of nitrogens with one attached hydrogen (secondary N) is 1. The van der Waals surface area contributed by atoms with Crippen LogP contribution in [0.3, 0.4) is 0 Å². The third-order valence-electron chi connectivity index (χ3n) is 4.83. The minimum absolute atomic E-state index is 0.0435. The van der Waals surface area contributed by atoms with E-state index in [9.17, 15) is 4.79 Å². The molecule has 7 nitrogen and oxygen atoms in total. The van der Waals surface area contributed by atoms with E-state index in [1.165, 1.54) is 11.3 Å². The summed E-state index contributed by atoms with van der Waals surface area (Å²) in [6.07, 6.45) is 7.17. The lowest BCUT2D eigenvalue weighted by Crippen LogP contribution is -2.28. The summed E-state index contributed by atoms with van der Waals surface area (Å²) >= 11 is 1.47. The Morgan fingerprint density at radius 3 is 2.84 bits per heavy atom. The highest BCUT2D eigenvalue weighted by Crippen LogP contribution is 2.35. The number of nitrogen functional groups attached to an aromatic ring is 1. The van der Waals surface area contributed by atoms with Gasteiger partial charge in [0.2, 0.25) is 5.91 Å². The Morgan fingerprint density at radius 1 is 1.32 bits per heavy atom. The molecule has 0 aliphatic heterocycles. The third-order valence-corrected chi connectivity index (χ3v) is 5.71. The monoisotopic (exact) mass is 356 g/mol. The number of aromatic nitrogens is 4. The quantitative estimate of drug-likeness (QED) is 0.751. The number of imidazole rings is 1. The van der Waals surface area contributed by atoms with Crippen molar-refractivity contribution in [2.75, 3.05) is 11.1 Å². The van der Waals surface area contributed by atoms with Crippen molar-refractivity contribution in [3.05, 3.63) is 29.7 Å². The fraction of sp³-hybridized carbons (Fsp3) is 0.412. The Kier molecular flexibility index (Phi) is 4.12. The van der Waals surface area contributed by atoms with Crippen LogP contribution in [0.5, 0.6) is 0 Å². The number of anilines is 2. The topological polar surface area (TPSA) is 98.7 Å². The van der Waals surface area contributed by atoms with Gasteiger partial charge in [-0.05, 0) is 38.7 Å². The van der Waals surface area contributed by atoms with Crippen molar-refractivity contribution in [3.63, 3.8) is 0 Å². The zero-order valence-corrected chi connectivity index (χ0v) is 14.8. The normalized spacial score (nSPS) is 20.7. The second kappa shape index (κ2) is 6.44. The maximum Gasteiger partial charge on any atom is 0.229 e. The number of hydrogen-bond acceptors (Lipinski definition) is 6. The maximum absolute atomic E-state index is 12.4. The van der Waals surface area contributed by atoms with E-state index in [4.69, 9.17) is 5.73 Å². The summed E-state index contributed by atoms with van der Waals surface area (Å²) in [5.74, 6) is 0.585. The minimum atomic E-state index is 0.0435. The van der Waals surface area contributed by atoms with Crippen LogP contribution in [0, 0.1) is 12.8 Å². The van der Waals surface area contributed by atoms with Crippen LogP contribution < -0.4 is 11.1 Å². The standard InChI is InChI=1S/C17H20N6OS/c1-10-8-25-17(21-10)22-16(24)11-2-4-12(5-3-11)23-9-20-14-13(23)6-7-19-15(14)18/h6-9,11-12H,2-5H2,1H3,(H2,18,19)(H,21,22,24)/t11-,12+. The molecule has 1 fully saturated rings. The number of nitrogens with zero attached hydrogens (tertiary/aromatic N) is 4. The van der Waals surface area contributed by atoms with Gasteiger partial charge in [-0.25, -0.2) is 15.0 Å². The number of amides is 1. The summed E-state index contributed by atoms with van der Waals surface area (Å²) in [7, 11) is 0. The van der Waals surface area contributed by atoms with E-state index in [1.807, 2.05) is 24.7 Å². The van der Waals surface area contributed by atoms with Gasteiger partial charge in [0.15, 0.2) is 10.9 Å². The molecule has 130 valence electrons. The molecule has 3 aromatic heterocycles. The Labute approximate surface area is 149 Å². The lowest BCUT2D eigenvalue weighted by atomic mass is 9.85. The SMILES string of the molecule is Cc1csc(NC(=O)[C@H]2CC[C@@H](n3cnc4c(N)nccc43)CC2)n1. The van der Waals surface area contributed by atoms with E-state index >= 15 is 0 Å². The minimum Gasteiger partial charge on any atom is -0.382 e. The Morgan fingerprint density at radius 2 is 2.12 bits per heavy atom. The molecule has 8 heteroatoms. The van der Waals surface area contributed by atoms with Crippen molar-refractivity contribution >= 4 is 39.2 Å². The number of thiazole rings is 1. The van der Waals surface area contributed by atoms with E-state index in [2.05, 4.69) is 24.8 Å². The van der Waals surface area contributed by atoms with Gasteiger partial charge in [0, 0.05) is 23.5 Å². The predicted octanol–water partition coefficient (Wildman–Crippen LogP) is 3.15. The Hall–Kier alpha value is -2.48. The van der Waals surface area contributed by atoms with Gasteiger partial charge in [-0.2, -0.15) is 0 Å². The molecule has 0 atom stereocenters. The molecule has 3 aromatic rings. The molecule has 3 heterocycles. The fourth-order valence-corrected chi connectivity index (χ4v) is 4.20. The molecular formula is C17H20N6OS. The molecule has 0 saturated heterocycles. The Balaban J connectivity index is 1.42. The van der Waals surface area contributed by atoms with Crippen molar-refractivity contribution in [2.24, 2.45) is 5.92 Å². The fourth-order valence-electron chi connectivity index (χ4n) is 3.51. The number of aryl methyl sites for hydroxylation is 1. The summed E-state index contributed by atoms with van der Waals surface area (Å²) in [6.45, 7) is 1.93. The lowest BCUT2D eigenvalue weighted by molar-refractivity contribution is -0.120. The molecule has 3 N–H and O–H groups in total. The van der Waals surface area contributed by atoms with Crippen molar-refractivity contribution in [1.82, 2.24) is 19.5 Å². The summed E-state index contributed by atoms with van der Waals surface area (Å²) in [6, 6.07) is 2.29. The van der Waals surface area contributed by atoms with Gasteiger partial charge >= 0.3 is 0 Å². The van der Waals surface area contributed by atoms with Crippen LogP contribution in [-0.2, 0) is 4.79 Å². The largest absolute Gasteiger partial charge is 0.382 e. The van der Waals surface area contributed by atoms with Crippen molar-refractivity contribution < 1.29 is 4.79 Å². The first-order valence-corrected chi connectivity index (χ1v) is 9.30. The first kappa shape index (κ1) is 16.0.